The summed E-state index contributed by atoms with van der Waals surface area (Å²) in [5.41, 5.74) is -0.406. The molecule has 0 saturated heterocycles. The quantitative estimate of drug-likeness (QED) is 0.588. The predicted molar refractivity (Wildman–Crippen MR) is 85.7 cm³/mol. The molecule has 3 aromatic rings. The number of halogens is 1. The smallest absolute Gasteiger partial charge is 0.340 e. The van der Waals surface area contributed by atoms with Gasteiger partial charge in [0.15, 0.2) is 5.82 Å². The van der Waals surface area contributed by atoms with Gasteiger partial charge in [-0.1, -0.05) is 35.9 Å². The molecule has 0 aliphatic carbocycles. The Morgan fingerprint density at radius 2 is 2.04 bits per heavy atom. The third-order valence-corrected chi connectivity index (χ3v) is 3.80. The van der Waals surface area contributed by atoms with Gasteiger partial charge < -0.3 is 10.4 Å². The summed E-state index contributed by atoms with van der Waals surface area (Å²) in [7, 11) is 0. The second-order valence-corrected chi connectivity index (χ2v) is 5.47. The molecule has 0 bridgehead atoms. The van der Waals surface area contributed by atoms with Crippen molar-refractivity contribution in [2.24, 2.45) is 0 Å². The molecule has 0 fully saturated rings. The lowest BCUT2D eigenvalue weighted by Crippen LogP contribution is -2.27. The molecular formula is C15H13ClN4O3. The Morgan fingerprint density at radius 3 is 2.70 bits per heavy atom. The first-order valence-electron chi connectivity index (χ1n) is 6.83. The number of nitrogens with one attached hydrogen (secondary N) is 3. The van der Waals surface area contributed by atoms with Gasteiger partial charge in [0, 0.05) is 15.8 Å². The average molecular weight is 333 g/mol. The van der Waals surface area contributed by atoms with E-state index >= 15 is 0 Å². The van der Waals surface area contributed by atoms with Crippen molar-refractivity contribution in [3.8, 4) is 5.75 Å². The van der Waals surface area contributed by atoms with Crippen molar-refractivity contribution in [3.63, 3.8) is 0 Å². The number of carbonyl (C=O) groups excluding carboxylic acids is 1. The lowest BCUT2D eigenvalue weighted by Gasteiger charge is -2.13. The Kier molecular flexibility index (Phi) is 3.79. The number of aromatic amines is 2. The zero-order chi connectivity index (χ0) is 16.6. The van der Waals surface area contributed by atoms with Crippen LogP contribution in [0.4, 0.5) is 0 Å². The highest BCUT2D eigenvalue weighted by Gasteiger charge is 2.19. The number of aromatic nitrogens is 3. The molecule has 23 heavy (non-hydrogen) atoms. The highest BCUT2D eigenvalue weighted by atomic mass is 35.5. The van der Waals surface area contributed by atoms with E-state index in [-0.39, 0.29) is 17.1 Å². The Morgan fingerprint density at radius 1 is 1.35 bits per heavy atom. The van der Waals surface area contributed by atoms with E-state index in [9.17, 15) is 14.7 Å². The summed E-state index contributed by atoms with van der Waals surface area (Å²) < 4.78 is 0. The average Bonchev–Trinajstić information content (AvgIpc) is 2.97. The fraction of sp³-hybridized carbons (Fsp3) is 0.133. The van der Waals surface area contributed by atoms with Gasteiger partial charge in [-0.05, 0) is 13.0 Å². The minimum absolute atomic E-state index is 0.0541. The van der Waals surface area contributed by atoms with Gasteiger partial charge in [0.1, 0.15) is 5.75 Å². The van der Waals surface area contributed by atoms with Gasteiger partial charge in [-0.25, -0.2) is 9.89 Å². The summed E-state index contributed by atoms with van der Waals surface area (Å²) in [4.78, 5) is 25.9. The van der Waals surface area contributed by atoms with Gasteiger partial charge in [-0.2, -0.15) is 5.10 Å². The second kappa shape index (κ2) is 5.77. The monoisotopic (exact) mass is 332 g/mol. The molecular weight excluding hydrogens is 320 g/mol. The fourth-order valence-electron chi connectivity index (χ4n) is 2.32. The number of aromatic hydroxyl groups is 1. The van der Waals surface area contributed by atoms with E-state index in [1.54, 1.807) is 31.2 Å². The number of nitrogens with zero attached hydrogens (tertiary/aromatic N) is 1. The molecule has 1 heterocycles. The summed E-state index contributed by atoms with van der Waals surface area (Å²) in [6.45, 7) is 1.66. The zero-order valence-electron chi connectivity index (χ0n) is 12.1. The topological polar surface area (TPSA) is 111 Å². The van der Waals surface area contributed by atoms with Gasteiger partial charge >= 0.3 is 5.69 Å². The first-order chi connectivity index (χ1) is 11.0. The molecule has 0 aliphatic rings. The number of rotatable bonds is 3. The van der Waals surface area contributed by atoms with Gasteiger partial charge in [-0.15, -0.1) is 0 Å². The first kappa shape index (κ1) is 15.1. The summed E-state index contributed by atoms with van der Waals surface area (Å²) in [6, 6.07) is 7.85. The van der Waals surface area contributed by atoms with Crippen LogP contribution in [0.3, 0.4) is 0 Å². The van der Waals surface area contributed by atoms with E-state index in [0.717, 1.165) is 0 Å². The van der Waals surface area contributed by atoms with Crippen LogP contribution in [0.2, 0.25) is 5.02 Å². The van der Waals surface area contributed by atoms with Crippen molar-refractivity contribution in [2.45, 2.75) is 13.0 Å². The lowest BCUT2D eigenvalue weighted by atomic mass is 10.0. The molecule has 0 unspecified atom stereocenters. The van der Waals surface area contributed by atoms with Gasteiger partial charge in [0.2, 0.25) is 0 Å². The number of phenolic OH excluding ortho intramolecular Hbond substituents is 1. The normalized spacial score (nSPS) is 12.3. The molecule has 1 aromatic heterocycles. The third kappa shape index (κ3) is 2.78. The number of benzene rings is 2. The van der Waals surface area contributed by atoms with Crippen LogP contribution in [0, 0.1) is 0 Å². The molecule has 4 N–H and O–H groups in total. The van der Waals surface area contributed by atoms with Crippen molar-refractivity contribution in [1.82, 2.24) is 20.5 Å². The number of phenols is 1. The molecule has 1 atom stereocenters. The van der Waals surface area contributed by atoms with Crippen LogP contribution in [0.1, 0.15) is 29.1 Å². The van der Waals surface area contributed by atoms with Crippen LogP contribution in [0.25, 0.3) is 10.8 Å². The number of H-pyrrole nitrogens is 2. The Balaban J connectivity index is 1.95. The van der Waals surface area contributed by atoms with Crippen molar-refractivity contribution in [3.05, 3.63) is 57.2 Å². The van der Waals surface area contributed by atoms with Crippen LogP contribution in [0.5, 0.6) is 5.75 Å². The van der Waals surface area contributed by atoms with Gasteiger partial charge in [0.25, 0.3) is 5.91 Å². The van der Waals surface area contributed by atoms with Crippen LogP contribution in [0.15, 0.2) is 35.1 Å². The van der Waals surface area contributed by atoms with Crippen molar-refractivity contribution in [1.29, 1.82) is 0 Å². The first-order valence-corrected chi connectivity index (χ1v) is 7.21. The zero-order valence-corrected chi connectivity index (χ0v) is 12.8. The van der Waals surface area contributed by atoms with E-state index < -0.39 is 17.6 Å². The molecule has 3 rings (SSSR count). The van der Waals surface area contributed by atoms with Gasteiger partial charge in [0.05, 0.1) is 11.6 Å². The van der Waals surface area contributed by atoms with Crippen LogP contribution in [-0.4, -0.2) is 26.2 Å². The number of hydrogen-bond acceptors (Lipinski definition) is 4. The van der Waals surface area contributed by atoms with E-state index in [1.807, 2.05) is 0 Å². The molecule has 118 valence electrons. The second-order valence-electron chi connectivity index (χ2n) is 5.06. The molecule has 1 amide bonds. The Labute approximate surface area is 135 Å². The van der Waals surface area contributed by atoms with Crippen molar-refractivity contribution in [2.75, 3.05) is 0 Å². The van der Waals surface area contributed by atoms with Crippen LogP contribution >= 0.6 is 11.6 Å². The number of carbonyl (C=O) groups is 1. The summed E-state index contributed by atoms with van der Waals surface area (Å²) in [5, 5.41) is 20.5. The highest BCUT2D eigenvalue weighted by molar-refractivity contribution is 6.36. The summed E-state index contributed by atoms with van der Waals surface area (Å²) >= 11 is 6.18. The maximum absolute atomic E-state index is 12.4. The van der Waals surface area contributed by atoms with E-state index in [2.05, 4.69) is 20.5 Å². The minimum Gasteiger partial charge on any atom is -0.506 e. The minimum atomic E-state index is -0.550. The Hall–Kier alpha value is -2.80. The fourth-order valence-corrected chi connectivity index (χ4v) is 2.59. The molecule has 2 aromatic carbocycles. The van der Waals surface area contributed by atoms with Crippen LogP contribution in [-0.2, 0) is 0 Å². The van der Waals surface area contributed by atoms with E-state index in [1.165, 1.54) is 6.07 Å². The number of hydrogen-bond donors (Lipinski definition) is 4. The summed E-state index contributed by atoms with van der Waals surface area (Å²) in [5.74, 6) is -0.383. The number of fused-ring (bicyclic) bond motifs is 1. The molecule has 0 spiro atoms. The molecule has 0 radical (unpaired) electrons. The lowest BCUT2D eigenvalue weighted by molar-refractivity contribution is 0.0936. The summed E-state index contributed by atoms with van der Waals surface area (Å²) in [6.07, 6.45) is 0. The highest BCUT2D eigenvalue weighted by Crippen LogP contribution is 2.34. The maximum Gasteiger partial charge on any atom is 0.340 e. The standard InChI is InChI=1S/C15H13ClN4O3/c1-7(13-18-15(23)20-19-13)17-14(22)10-6-11(16)8-4-2-3-5-9(8)12(10)21/h2-7,21H,1H3,(H,17,22)(H2,18,19,20,23)/t7-/m1/s1. The maximum atomic E-state index is 12.4. The molecule has 0 aliphatic heterocycles. The van der Waals surface area contributed by atoms with Crippen LogP contribution < -0.4 is 11.0 Å². The molecule has 8 heteroatoms. The van der Waals surface area contributed by atoms with Gasteiger partial charge in [-0.3, -0.25) is 9.78 Å². The van der Waals surface area contributed by atoms with E-state index in [0.29, 0.717) is 15.8 Å². The molecule has 0 saturated carbocycles. The van der Waals surface area contributed by atoms with E-state index in [4.69, 9.17) is 11.6 Å². The predicted octanol–water partition coefficient (Wildman–Crippen LogP) is 2.10. The SMILES string of the molecule is C[C@@H](NC(=O)c1cc(Cl)c2ccccc2c1O)c1n[nH]c(=O)[nH]1. The number of amides is 1. The Bertz CT molecular complexity index is 947. The third-order valence-electron chi connectivity index (χ3n) is 3.49. The van der Waals surface area contributed by atoms with Crippen molar-refractivity contribution >= 4 is 28.3 Å². The largest absolute Gasteiger partial charge is 0.506 e. The van der Waals surface area contributed by atoms with Crippen molar-refractivity contribution < 1.29 is 9.90 Å². The molecule has 7 nitrogen and oxygen atoms in total.